The van der Waals surface area contributed by atoms with Gasteiger partial charge in [0.1, 0.15) is 5.82 Å². The molecule has 34 heavy (non-hydrogen) atoms. The van der Waals surface area contributed by atoms with Crippen molar-refractivity contribution < 1.29 is 9.18 Å². The summed E-state index contributed by atoms with van der Waals surface area (Å²) in [5.74, 6) is -1.73. The van der Waals surface area contributed by atoms with Crippen molar-refractivity contribution in [2.24, 2.45) is 0 Å². The lowest BCUT2D eigenvalue weighted by molar-refractivity contribution is 0.102. The van der Waals surface area contributed by atoms with Gasteiger partial charge in [-0.15, -0.1) is 0 Å². The highest BCUT2D eigenvalue weighted by Crippen LogP contribution is 2.43. The molecule has 0 saturated carbocycles. The van der Waals surface area contributed by atoms with E-state index in [1.807, 2.05) is 22.6 Å². The quantitative estimate of drug-likeness (QED) is 0.375. The van der Waals surface area contributed by atoms with E-state index in [9.17, 15) is 15.3 Å². The summed E-state index contributed by atoms with van der Waals surface area (Å²) in [7, 11) is 1.76. The number of halogens is 3. The van der Waals surface area contributed by atoms with Crippen LogP contribution in [0.15, 0.2) is 52.9 Å². The highest BCUT2D eigenvalue weighted by Gasteiger charge is 2.35. The second-order valence-electron chi connectivity index (χ2n) is 7.74. The topological polar surface area (TPSA) is 109 Å². The first-order valence-electron chi connectivity index (χ1n) is 10.1. The van der Waals surface area contributed by atoms with Crippen LogP contribution in [-0.4, -0.2) is 28.1 Å². The van der Waals surface area contributed by atoms with Gasteiger partial charge in [-0.25, -0.2) is 4.39 Å². The van der Waals surface area contributed by atoms with E-state index in [1.165, 1.54) is 6.07 Å². The Kier molecular flexibility index (Phi) is 6.34. The van der Waals surface area contributed by atoms with Gasteiger partial charge in [0.15, 0.2) is 5.82 Å². The Balaban J connectivity index is 1.90. The molecule has 2 aromatic carbocycles. The minimum Gasteiger partial charge on any atom is -0.350 e. The van der Waals surface area contributed by atoms with E-state index in [2.05, 4.69) is 27.7 Å². The molecule has 1 aliphatic rings. The number of amides is 1. The first-order chi connectivity index (χ1) is 16.2. The summed E-state index contributed by atoms with van der Waals surface area (Å²) in [6, 6.07) is 12.4. The Labute approximate surface area is 213 Å². The molecule has 3 aromatic rings. The van der Waals surface area contributed by atoms with Crippen molar-refractivity contribution in [3.63, 3.8) is 0 Å². The molecule has 0 atom stereocenters. The second-order valence-corrected chi connectivity index (χ2v) is 9.22. The number of benzene rings is 2. The van der Waals surface area contributed by atoms with Crippen molar-refractivity contribution in [1.29, 1.82) is 10.5 Å². The van der Waals surface area contributed by atoms with E-state index >= 15 is 4.39 Å². The number of nitrogens with zero attached hydrogens (tertiary/aromatic N) is 4. The van der Waals surface area contributed by atoms with Crippen LogP contribution < -0.4 is 5.32 Å². The van der Waals surface area contributed by atoms with Gasteiger partial charge in [-0.2, -0.15) is 15.6 Å². The lowest BCUT2D eigenvalue weighted by Crippen LogP contribution is -2.26. The normalized spacial score (nSPS) is 14.4. The fraction of sp³-hybridized carbons (Fsp3) is 0.167. The summed E-state index contributed by atoms with van der Waals surface area (Å²) in [5.41, 5.74) is 2.65. The largest absolute Gasteiger partial charge is 0.350 e. The van der Waals surface area contributed by atoms with Crippen LogP contribution in [0.4, 0.5) is 10.2 Å². The van der Waals surface area contributed by atoms with Gasteiger partial charge in [0.05, 0.1) is 48.9 Å². The van der Waals surface area contributed by atoms with Crippen molar-refractivity contribution in [3.05, 3.63) is 78.4 Å². The zero-order chi connectivity index (χ0) is 24.7. The van der Waals surface area contributed by atoms with Gasteiger partial charge in [-0.05, 0) is 54.6 Å². The molecule has 2 heterocycles. The summed E-state index contributed by atoms with van der Waals surface area (Å²) in [5, 5.41) is 30.2. The van der Waals surface area contributed by atoms with Crippen LogP contribution in [0.3, 0.4) is 0 Å². The Hall–Kier alpha value is -3.41. The van der Waals surface area contributed by atoms with E-state index in [4.69, 9.17) is 11.6 Å². The van der Waals surface area contributed by atoms with Gasteiger partial charge in [-0.1, -0.05) is 23.7 Å². The summed E-state index contributed by atoms with van der Waals surface area (Å²) < 4.78 is 15.9. The molecule has 1 aliphatic heterocycles. The molecule has 170 valence electrons. The molecule has 1 amide bonds. The first-order valence-corrected chi connectivity index (χ1v) is 11.5. The van der Waals surface area contributed by atoms with Crippen molar-refractivity contribution in [1.82, 2.24) is 15.1 Å². The SMILES string of the molecule is CC1=C(C#N)C(c2cc3c(NC(=O)c4ccccc4Cl)n[nH]c3c(I)c2F)C(C#N)=C(C)N1C. The van der Waals surface area contributed by atoms with Gasteiger partial charge in [0, 0.05) is 29.4 Å². The van der Waals surface area contributed by atoms with E-state index in [0.717, 1.165) is 0 Å². The van der Waals surface area contributed by atoms with Gasteiger partial charge in [-0.3, -0.25) is 9.89 Å². The molecule has 0 radical (unpaired) electrons. The predicted octanol–water partition coefficient (Wildman–Crippen LogP) is 5.84. The third-order valence-corrected chi connectivity index (χ3v) is 7.38. The maximum atomic E-state index is 15.6. The number of hydrogen-bond acceptors (Lipinski definition) is 5. The number of fused-ring (bicyclic) bond motifs is 1. The summed E-state index contributed by atoms with van der Waals surface area (Å²) in [6.45, 7) is 3.52. The summed E-state index contributed by atoms with van der Waals surface area (Å²) in [4.78, 5) is 14.6. The third-order valence-electron chi connectivity index (χ3n) is 6.03. The predicted molar refractivity (Wildman–Crippen MR) is 135 cm³/mol. The van der Waals surface area contributed by atoms with E-state index in [1.54, 1.807) is 50.1 Å². The van der Waals surface area contributed by atoms with Crippen LogP contribution in [0.1, 0.15) is 35.7 Å². The minimum absolute atomic E-state index is 0.159. The van der Waals surface area contributed by atoms with Crippen LogP contribution >= 0.6 is 34.2 Å². The Morgan fingerprint density at radius 2 is 1.85 bits per heavy atom. The number of H-pyrrole nitrogens is 1. The summed E-state index contributed by atoms with van der Waals surface area (Å²) in [6.07, 6.45) is 0. The molecule has 0 bridgehead atoms. The number of nitriles is 2. The lowest BCUT2D eigenvalue weighted by atomic mass is 9.80. The molecule has 2 N–H and O–H groups in total. The molecule has 0 saturated heterocycles. The number of aromatic nitrogens is 2. The number of aromatic amines is 1. The van der Waals surface area contributed by atoms with Gasteiger partial charge in [0.2, 0.25) is 0 Å². The van der Waals surface area contributed by atoms with Crippen molar-refractivity contribution in [2.75, 3.05) is 12.4 Å². The zero-order valence-electron chi connectivity index (χ0n) is 18.3. The number of carbonyl (C=O) groups excluding carboxylic acids is 1. The smallest absolute Gasteiger partial charge is 0.258 e. The monoisotopic (exact) mass is 586 g/mol. The molecule has 0 aliphatic carbocycles. The van der Waals surface area contributed by atoms with Crippen LogP contribution in [0, 0.1) is 32.0 Å². The summed E-state index contributed by atoms with van der Waals surface area (Å²) >= 11 is 7.99. The van der Waals surface area contributed by atoms with E-state index < -0.39 is 17.6 Å². The highest BCUT2D eigenvalue weighted by atomic mass is 127. The molecule has 10 heteroatoms. The molecule has 0 unspecified atom stereocenters. The van der Waals surface area contributed by atoms with Crippen molar-refractivity contribution in [3.8, 4) is 12.1 Å². The number of rotatable bonds is 3. The number of nitrogens with one attached hydrogen (secondary N) is 2. The maximum absolute atomic E-state index is 15.6. The van der Waals surface area contributed by atoms with Crippen molar-refractivity contribution >= 4 is 56.8 Å². The lowest BCUT2D eigenvalue weighted by Gasteiger charge is -2.33. The van der Waals surface area contributed by atoms with Crippen LogP contribution in [-0.2, 0) is 0 Å². The maximum Gasteiger partial charge on any atom is 0.258 e. The average molecular weight is 587 g/mol. The zero-order valence-corrected chi connectivity index (χ0v) is 21.2. The molecule has 4 rings (SSSR count). The van der Waals surface area contributed by atoms with E-state index in [0.29, 0.717) is 22.3 Å². The molecule has 1 aromatic heterocycles. The Morgan fingerprint density at radius 3 is 2.44 bits per heavy atom. The molecular formula is C24H17ClFIN6O. The number of allylic oxidation sites excluding steroid dienone is 4. The number of anilines is 1. The standard InChI is InChI=1S/C24H17ClFIN6O/c1-11-16(9-28)19(17(10-29)12(2)33(11)3)14-8-15-22(21(27)20(14)26)31-32-23(15)30-24(34)13-6-4-5-7-18(13)25/h4-8,19H,1-3H3,(H2,30,31,32,34). The average Bonchev–Trinajstić information content (AvgIpc) is 3.22. The van der Waals surface area contributed by atoms with Gasteiger partial charge < -0.3 is 10.2 Å². The van der Waals surface area contributed by atoms with Crippen LogP contribution in [0.25, 0.3) is 10.9 Å². The number of carbonyl (C=O) groups is 1. The fourth-order valence-corrected chi connectivity index (χ4v) is 4.96. The molecule has 7 nitrogen and oxygen atoms in total. The van der Waals surface area contributed by atoms with Gasteiger partial charge >= 0.3 is 0 Å². The molecular weight excluding hydrogens is 570 g/mol. The first kappa shape index (κ1) is 23.7. The Morgan fingerprint density at radius 1 is 1.24 bits per heavy atom. The Bertz CT molecular complexity index is 1470. The molecule has 0 spiro atoms. The molecule has 0 fully saturated rings. The van der Waals surface area contributed by atoms with Gasteiger partial charge in [0.25, 0.3) is 5.91 Å². The minimum atomic E-state index is -0.883. The fourth-order valence-electron chi connectivity index (χ4n) is 4.02. The van der Waals surface area contributed by atoms with Crippen molar-refractivity contribution in [2.45, 2.75) is 19.8 Å². The third kappa shape index (κ3) is 3.71. The van der Waals surface area contributed by atoms with E-state index in [-0.39, 0.29) is 36.7 Å². The second kappa shape index (κ2) is 9.09. The van der Waals surface area contributed by atoms with Crippen LogP contribution in [0.2, 0.25) is 5.02 Å². The number of hydrogen-bond donors (Lipinski definition) is 2. The highest BCUT2D eigenvalue weighted by molar-refractivity contribution is 14.1. The van der Waals surface area contributed by atoms with Crippen LogP contribution in [0.5, 0.6) is 0 Å².